The highest BCUT2D eigenvalue weighted by Gasteiger charge is 2.06. The second kappa shape index (κ2) is 17.8. The van der Waals surface area contributed by atoms with Gasteiger partial charge >= 0.3 is 0 Å². The van der Waals surface area contributed by atoms with Crippen LogP contribution < -0.4 is 53.7 Å². The molecule has 0 amide bonds. The van der Waals surface area contributed by atoms with Crippen molar-refractivity contribution in [3.63, 3.8) is 0 Å². The Kier molecular flexibility index (Phi) is 13.9. The van der Waals surface area contributed by atoms with Crippen LogP contribution in [-0.2, 0) is 13.1 Å². The quantitative estimate of drug-likeness (QED) is 0.271. The first-order valence-corrected chi connectivity index (χ1v) is 13.9. The topological polar surface area (TPSA) is 56.5 Å². The number of nitrogens with zero attached hydrogens (tertiary/aromatic N) is 4. The fourth-order valence-electron chi connectivity index (χ4n) is 4.51. The fraction of sp³-hybridized carbons (Fsp3) is 0.176. The van der Waals surface area contributed by atoms with E-state index < -0.39 is 0 Å². The molecule has 6 nitrogen and oxygen atoms in total. The largest absolute Gasteiger partial charge is 1.00 e. The lowest BCUT2D eigenvalue weighted by Crippen LogP contribution is -3.00. The smallest absolute Gasteiger partial charge is 0.168 e. The van der Waals surface area contributed by atoms with Crippen LogP contribution in [0.25, 0.3) is 0 Å². The van der Waals surface area contributed by atoms with Gasteiger partial charge in [0.25, 0.3) is 0 Å². The number of rotatable bonds is 8. The van der Waals surface area contributed by atoms with Crippen LogP contribution in [0.4, 0.5) is 22.7 Å². The van der Waals surface area contributed by atoms with Crippen molar-refractivity contribution in [2.24, 2.45) is 9.98 Å². The summed E-state index contributed by atoms with van der Waals surface area (Å²) in [5.74, 6) is 0. The number of aromatic nitrogens is 2. The third kappa shape index (κ3) is 10.2. The maximum Gasteiger partial charge on any atom is 0.168 e. The highest BCUT2D eigenvalue weighted by atomic mass is 79.9. The van der Waals surface area contributed by atoms with Crippen LogP contribution >= 0.6 is 0 Å². The number of aliphatic imine (C=N–C) groups is 2. The molecule has 216 valence electrons. The van der Waals surface area contributed by atoms with E-state index in [0.29, 0.717) is 0 Å². The number of aryl methyl sites for hydroxylation is 2. The predicted octanol–water partition coefficient (Wildman–Crippen LogP) is 0.940. The van der Waals surface area contributed by atoms with Gasteiger partial charge < -0.3 is 44.6 Å². The summed E-state index contributed by atoms with van der Waals surface area (Å²) in [6.45, 7) is 1.89. The maximum absolute atomic E-state index is 4.90. The van der Waals surface area contributed by atoms with Crippen molar-refractivity contribution in [3.05, 3.63) is 133 Å². The molecule has 0 bridgehead atoms. The number of fused-ring (bicyclic) bond motifs is 2. The molecule has 2 N–H and O–H groups in total. The van der Waals surface area contributed by atoms with E-state index in [4.69, 9.17) is 9.98 Å². The van der Waals surface area contributed by atoms with Gasteiger partial charge in [-0.25, -0.2) is 9.13 Å². The zero-order valence-electron chi connectivity index (χ0n) is 23.5. The molecule has 5 rings (SSSR count). The number of para-hydroxylation sites is 4. The van der Waals surface area contributed by atoms with Gasteiger partial charge in [-0.1, -0.05) is 36.4 Å². The van der Waals surface area contributed by atoms with Crippen molar-refractivity contribution in [2.75, 3.05) is 10.6 Å². The molecule has 0 fully saturated rings. The summed E-state index contributed by atoms with van der Waals surface area (Å²) < 4.78 is 4.42. The Morgan fingerprint density at radius 2 is 0.905 bits per heavy atom. The van der Waals surface area contributed by atoms with Gasteiger partial charge in [0.15, 0.2) is 24.8 Å². The molecule has 42 heavy (non-hydrogen) atoms. The number of pyridine rings is 2. The highest BCUT2D eigenvalue weighted by molar-refractivity contribution is 5.87. The van der Waals surface area contributed by atoms with Crippen LogP contribution in [0.5, 0.6) is 0 Å². The van der Waals surface area contributed by atoms with Crippen LogP contribution in [0.1, 0.15) is 25.7 Å². The fourth-order valence-corrected chi connectivity index (χ4v) is 4.51. The van der Waals surface area contributed by atoms with E-state index >= 15 is 0 Å². The molecule has 0 saturated carbocycles. The summed E-state index contributed by atoms with van der Waals surface area (Å²) in [4.78, 5) is 9.79. The van der Waals surface area contributed by atoms with Gasteiger partial charge in [-0.05, 0) is 48.3 Å². The summed E-state index contributed by atoms with van der Waals surface area (Å²) in [6.07, 6.45) is 20.3. The number of hydrogen-bond donors (Lipinski definition) is 2. The van der Waals surface area contributed by atoms with Crippen molar-refractivity contribution < 1.29 is 43.1 Å². The maximum atomic E-state index is 4.90. The molecule has 0 radical (unpaired) electrons. The molecule has 0 unspecified atom stereocenters. The first-order chi connectivity index (χ1) is 19.8. The Morgan fingerprint density at radius 1 is 0.500 bits per heavy atom. The number of halogens is 2. The Morgan fingerprint density at radius 3 is 1.33 bits per heavy atom. The molecular formula is C34H36Br2N6. The van der Waals surface area contributed by atoms with Crippen LogP contribution in [0.15, 0.2) is 143 Å². The third-order valence-electron chi connectivity index (χ3n) is 6.69. The molecule has 0 spiro atoms. The Hall–Kier alpha value is -3.88. The van der Waals surface area contributed by atoms with E-state index in [0.717, 1.165) is 72.7 Å². The summed E-state index contributed by atoms with van der Waals surface area (Å²) in [5, 5.41) is 7.01. The number of nitrogens with one attached hydrogen (secondary N) is 2. The normalized spacial score (nSPS) is 15.0. The van der Waals surface area contributed by atoms with E-state index in [1.807, 2.05) is 61.0 Å². The summed E-state index contributed by atoms with van der Waals surface area (Å²) in [5.41, 5.74) is 5.97. The van der Waals surface area contributed by atoms with Gasteiger partial charge in [0, 0.05) is 61.9 Å². The van der Waals surface area contributed by atoms with Gasteiger partial charge in [-0.3, -0.25) is 9.98 Å². The van der Waals surface area contributed by atoms with E-state index in [2.05, 4.69) is 93.4 Å². The van der Waals surface area contributed by atoms with Gasteiger partial charge in [0.2, 0.25) is 0 Å². The van der Waals surface area contributed by atoms with Crippen molar-refractivity contribution in [2.45, 2.75) is 38.8 Å². The van der Waals surface area contributed by atoms with Crippen molar-refractivity contribution in [3.8, 4) is 0 Å². The van der Waals surface area contributed by atoms with Gasteiger partial charge in [-0.15, -0.1) is 0 Å². The van der Waals surface area contributed by atoms with Crippen molar-refractivity contribution >= 4 is 35.2 Å². The molecule has 3 heterocycles. The van der Waals surface area contributed by atoms with Crippen LogP contribution in [0, 0.1) is 0 Å². The third-order valence-corrected chi connectivity index (χ3v) is 6.69. The molecule has 0 aliphatic carbocycles. The predicted molar refractivity (Wildman–Crippen MR) is 164 cm³/mol. The number of hydrogen-bond acceptors (Lipinski definition) is 4. The van der Waals surface area contributed by atoms with E-state index in [1.54, 1.807) is 0 Å². The Balaban J connectivity index is 0.00000242. The SMILES string of the molecule is C1=Nc2ccccc2N/C=C(/CCC[n+]2ccccc2)C=Nc2ccccc2N/C=C\1CCC[n+]1ccccc1.[Br-].[Br-]. The minimum Gasteiger partial charge on any atom is -1.00 e. The second-order valence-electron chi connectivity index (χ2n) is 9.71. The summed E-state index contributed by atoms with van der Waals surface area (Å²) in [6, 6.07) is 28.6. The minimum atomic E-state index is 0. The minimum absolute atomic E-state index is 0. The molecule has 4 aromatic rings. The van der Waals surface area contributed by atoms with Crippen LogP contribution in [0.3, 0.4) is 0 Å². The highest BCUT2D eigenvalue weighted by Crippen LogP contribution is 2.27. The monoisotopic (exact) mass is 686 g/mol. The summed E-state index contributed by atoms with van der Waals surface area (Å²) in [7, 11) is 0. The molecule has 2 aromatic heterocycles. The zero-order chi connectivity index (χ0) is 27.2. The average Bonchev–Trinajstić information content (AvgIpc) is 3.01. The molecule has 0 saturated heterocycles. The lowest BCUT2D eigenvalue weighted by atomic mass is 10.1. The lowest BCUT2D eigenvalue weighted by molar-refractivity contribution is -0.697. The van der Waals surface area contributed by atoms with Gasteiger partial charge in [0.05, 0.1) is 22.7 Å². The molecular weight excluding hydrogens is 652 g/mol. The molecule has 8 heteroatoms. The zero-order valence-corrected chi connectivity index (χ0v) is 26.7. The second-order valence-corrected chi connectivity index (χ2v) is 9.71. The molecule has 0 atom stereocenters. The first kappa shape index (κ1) is 32.6. The van der Waals surface area contributed by atoms with E-state index in [1.165, 1.54) is 0 Å². The van der Waals surface area contributed by atoms with Crippen molar-refractivity contribution in [1.29, 1.82) is 0 Å². The molecule has 1 aliphatic heterocycles. The molecule has 1 aliphatic rings. The Bertz CT molecular complexity index is 1390. The molecule has 2 aromatic carbocycles. The van der Waals surface area contributed by atoms with Gasteiger partial charge in [-0.2, -0.15) is 0 Å². The number of allylic oxidation sites excluding steroid dienone is 2. The standard InChI is InChI=1S/C34H36N6.2BrH/c1-7-19-39(20-8-1)23-11-13-29-25-35-31-15-3-5-17-33(31)37-27-30(14-12-24-40-21-9-2-10-22-40)28-38-34-18-6-4-16-32(34)36-26-29;;/h1-10,15-22,25-28,35,38H,11-14,23-24H2;2*1H/q+2;;/p-2/b29-25-,30-28-,36-26?,37-27?;;. The number of benzene rings is 2. The number of anilines is 2. The average molecular weight is 689 g/mol. The summed E-state index contributed by atoms with van der Waals surface area (Å²) >= 11 is 0. The Labute approximate surface area is 269 Å². The van der Waals surface area contributed by atoms with Crippen LogP contribution in [0.2, 0.25) is 0 Å². The first-order valence-electron chi connectivity index (χ1n) is 13.9. The van der Waals surface area contributed by atoms with Crippen molar-refractivity contribution in [1.82, 2.24) is 0 Å². The lowest BCUT2D eigenvalue weighted by Gasteiger charge is -2.10. The van der Waals surface area contributed by atoms with Gasteiger partial charge in [0.1, 0.15) is 13.1 Å². The van der Waals surface area contributed by atoms with E-state index in [9.17, 15) is 0 Å². The van der Waals surface area contributed by atoms with Crippen LogP contribution in [-0.4, -0.2) is 12.4 Å². The van der Waals surface area contributed by atoms with E-state index in [-0.39, 0.29) is 34.0 Å².